The number of carbonyl (C=O) groups excluding carboxylic acids is 2. The topological polar surface area (TPSA) is 46.6 Å². The lowest BCUT2D eigenvalue weighted by Gasteiger charge is -2.34. The van der Waals surface area contributed by atoms with Crippen LogP contribution < -0.4 is 0 Å². The molecule has 0 saturated heterocycles. The number of aryl methyl sites for hydroxylation is 1. The molecule has 4 nitrogen and oxygen atoms in total. The summed E-state index contributed by atoms with van der Waals surface area (Å²) in [6, 6.07) is 23.4. The SMILES string of the molecule is CC1=C(C(=O)OCc2ccccc2)C(c2cccc(C)c2)CC(=O)N1Cc1ccc(F)cc1. The molecular formula is C28H26FNO3. The molecule has 1 aliphatic rings. The average Bonchev–Trinajstić information content (AvgIpc) is 2.82. The molecule has 0 bridgehead atoms. The first-order valence-corrected chi connectivity index (χ1v) is 11.0. The van der Waals surface area contributed by atoms with Crippen molar-refractivity contribution in [3.8, 4) is 0 Å². The van der Waals surface area contributed by atoms with Gasteiger partial charge in [0.15, 0.2) is 0 Å². The van der Waals surface area contributed by atoms with E-state index in [9.17, 15) is 14.0 Å². The molecule has 0 spiro atoms. The molecule has 1 atom stereocenters. The van der Waals surface area contributed by atoms with E-state index in [-0.39, 0.29) is 37.2 Å². The van der Waals surface area contributed by atoms with Crippen LogP contribution in [0.5, 0.6) is 0 Å². The minimum Gasteiger partial charge on any atom is -0.457 e. The third-order valence-corrected chi connectivity index (χ3v) is 5.95. The molecule has 3 aromatic carbocycles. The van der Waals surface area contributed by atoms with Gasteiger partial charge in [-0.1, -0.05) is 72.3 Å². The number of carbonyl (C=O) groups is 2. The van der Waals surface area contributed by atoms with Gasteiger partial charge in [0.25, 0.3) is 0 Å². The van der Waals surface area contributed by atoms with Gasteiger partial charge in [0, 0.05) is 18.0 Å². The van der Waals surface area contributed by atoms with Crippen LogP contribution in [0, 0.1) is 12.7 Å². The molecule has 1 unspecified atom stereocenters. The van der Waals surface area contributed by atoms with Crippen LogP contribution in [0.2, 0.25) is 0 Å². The molecule has 0 aliphatic carbocycles. The quantitative estimate of drug-likeness (QED) is 0.461. The van der Waals surface area contributed by atoms with E-state index >= 15 is 0 Å². The second kappa shape index (κ2) is 9.82. The minimum absolute atomic E-state index is 0.0806. The highest BCUT2D eigenvalue weighted by Crippen LogP contribution is 2.38. The summed E-state index contributed by atoms with van der Waals surface area (Å²) < 4.78 is 19.0. The van der Waals surface area contributed by atoms with E-state index in [1.807, 2.05) is 61.5 Å². The molecule has 0 aromatic heterocycles. The zero-order valence-electron chi connectivity index (χ0n) is 18.8. The van der Waals surface area contributed by atoms with E-state index in [4.69, 9.17) is 4.74 Å². The third kappa shape index (κ3) is 5.20. The van der Waals surface area contributed by atoms with E-state index in [0.29, 0.717) is 11.3 Å². The molecule has 0 saturated carbocycles. The molecule has 1 heterocycles. The van der Waals surface area contributed by atoms with Crippen LogP contribution in [-0.2, 0) is 27.5 Å². The van der Waals surface area contributed by atoms with Crippen molar-refractivity contribution in [1.82, 2.24) is 4.90 Å². The lowest BCUT2D eigenvalue weighted by molar-refractivity contribution is -0.141. The fourth-order valence-corrected chi connectivity index (χ4v) is 4.21. The lowest BCUT2D eigenvalue weighted by atomic mass is 9.83. The lowest BCUT2D eigenvalue weighted by Crippen LogP contribution is -2.38. The summed E-state index contributed by atoms with van der Waals surface area (Å²) in [7, 11) is 0. The molecule has 1 amide bonds. The molecule has 0 radical (unpaired) electrons. The average molecular weight is 444 g/mol. The highest BCUT2D eigenvalue weighted by molar-refractivity contribution is 5.95. The number of hydrogen-bond donors (Lipinski definition) is 0. The number of allylic oxidation sites excluding steroid dienone is 1. The maximum atomic E-state index is 13.3. The molecule has 5 heteroatoms. The van der Waals surface area contributed by atoms with Gasteiger partial charge in [-0.05, 0) is 42.7 Å². The number of rotatable bonds is 6. The van der Waals surface area contributed by atoms with Crippen molar-refractivity contribution in [3.63, 3.8) is 0 Å². The summed E-state index contributed by atoms with van der Waals surface area (Å²) in [6.07, 6.45) is 0.164. The molecule has 33 heavy (non-hydrogen) atoms. The van der Waals surface area contributed by atoms with Crippen molar-refractivity contribution >= 4 is 11.9 Å². The number of amides is 1. The summed E-state index contributed by atoms with van der Waals surface area (Å²) in [5.41, 5.74) is 4.71. The van der Waals surface area contributed by atoms with Gasteiger partial charge < -0.3 is 9.64 Å². The van der Waals surface area contributed by atoms with Crippen molar-refractivity contribution < 1.29 is 18.7 Å². The highest BCUT2D eigenvalue weighted by atomic mass is 19.1. The van der Waals surface area contributed by atoms with E-state index < -0.39 is 5.97 Å². The number of benzene rings is 3. The molecule has 1 aliphatic heterocycles. The van der Waals surface area contributed by atoms with Gasteiger partial charge in [-0.2, -0.15) is 0 Å². The van der Waals surface area contributed by atoms with E-state index in [1.54, 1.807) is 24.0 Å². The number of ether oxygens (including phenoxy) is 1. The van der Waals surface area contributed by atoms with Crippen LogP contribution in [0.3, 0.4) is 0 Å². The largest absolute Gasteiger partial charge is 0.457 e. The standard InChI is InChI=1S/C28H26FNO3/c1-19-7-6-10-23(15-19)25-16-26(31)30(17-21-11-13-24(29)14-12-21)20(2)27(25)28(32)33-18-22-8-4-3-5-9-22/h3-15,25H,16-18H2,1-2H3. The second-order valence-electron chi connectivity index (χ2n) is 8.34. The monoisotopic (exact) mass is 443 g/mol. The van der Waals surface area contributed by atoms with Crippen LogP contribution in [0.4, 0.5) is 4.39 Å². The maximum absolute atomic E-state index is 13.3. The Morgan fingerprint density at radius 2 is 1.70 bits per heavy atom. The number of nitrogens with zero attached hydrogens (tertiary/aromatic N) is 1. The maximum Gasteiger partial charge on any atom is 0.336 e. The van der Waals surface area contributed by atoms with Crippen molar-refractivity contribution in [1.29, 1.82) is 0 Å². The van der Waals surface area contributed by atoms with Gasteiger partial charge >= 0.3 is 5.97 Å². The Bertz CT molecular complexity index is 1190. The number of hydrogen-bond acceptors (Lipinski definition) is 3. The van der Waals surface area contributed by atoms with Crippen LogP contribution in [0.25, 0.3) is 0 Å². The summed E-state index contributed by atoms with van der Waals surface area (Å²) in [4.78, 5) is 28.1. The third-order valence-electron chi connectivity index (χ3n) is 5.95. The van der Waals surface area contributed by atoms with E-state index in [0.717, 1.165) is 22.3 Å². The van der Waals surface area contributed by atoms with Gasteiger partial charge in [-0.15, -0.1) is 0 Å². The number of halogens is 1. The first kappa shape index (κ1) is 22.5. The van der Waals surface area contributed by atoms with Crippen molar-refractivity contribution in [2.75, 3.05) is 0 Å². The first-order chi connectivity index (χ1) is 15.9. The fraction of sp³-hybridized carbons (Fsp3) is 0.214. The molecule has 0 fully saturated rings. The van der Waals surface area contributed by atoms with Gasteiger partial charge in [0.1, 0.15) is 12.4 Å². The smallest absolute Gasteiger partial charge is 0.336 e. The van der Waals surface area contributed by atoms with Crippen molar-refractivity contribution in [3.05, 3.63) is 118 Å². The predicted octanol–water partition coefficient (Wildman–Crippen LogP) is 5.67. The Hall–Kier alpha value is -3.73. The van der Waals surface area contributed by atoms with Crippen LogP contribution in [-0.4, -0.2) is 16.8 Å². The van der Waals surface area contributed by atoms with Gasteiger partial charge in [0.05, 0.1) is 12.1 Å². The number of esters is 1. The second-order valence-corrected chi connectivity index (χ2v) is 8.34. The highest BCUT2D eigenvalue weighted by Gasteiger charge is 2.37. The zero-order valence-corrected chi connectivity index (χ0v) is 18.8. The van der Waals surface area contributed by atoms with Crippen LogP contribution in [0.15, 0.2) is 90.1 Å². The summed E-state index contributed by atoms with van der Waals surface area (Å²) in [5.74, 6) is -1.23. The molecule has 3 aromatic rings. The minimum atomic E-state index is -0.431. The summed E-state index contributed by atoms with van der Waals surface area (Å²) >= 11 is 0. The molecule has 168 valence electrons. The summed E-state index contributed by atoms with van der Waals surface area (Å²) in [5, 5.41) is 0. The molecular weight excluding hydrogens is 417 g/mol. The van der Waals surface area contributed by atoms with Gasteiger partial charge in [0.2, 0.25) is 5.91 Å². The van der Waals surface area contributed by atoms with E-state index in [1.165, 1.54) is 12.1 Å². The van der Waals surface area contributed by atoms with E-state index in [2.05, 4.69) is 0 Å². The Balaban J connectivity index is 1.68. The van der Waals surface area contributed by atoms with Gasteiger partial charge in [-0.3, -0.25) is 4.79 Å². The van der Waals surface area contributed by atoms with Crippen LogP contribution >= 0.6 is 0 Å². The summed E-state index contributed by atoms with van der Waals surface area (Å²) in [6.45, 7) is 4.19. The molecule has 0 N–H and O–H groups in total. The van der Waals surface area contributed by atoms with Crippen LogP contribution in [0.1, 0.15) is 41.5 Å². The first-order valence-electron chi connectivity index (χ1n) is 11.0. The molecule has 4 rings (SSSR count). The van der Waals surface area contributed by atoms with Crippen molar-refractivity contribution in [2.24, 2.45) is 0 Å². The van der Waals surface area contributed by atoms with Crippen molar-refractivity contribution in [2.45, 2.75) is 39.3 Å². The Kier molecular flexibility index (Phi) is 6.68. The van der Waals surface area contributed by atoms with Gasteiger partial charge in [-0.25, -0.2) is 9.18 Å². The normalized spacial score (nSPS) is 16.2. The Morgan fingerprint density at radius 1 is 0.970 bits per heavy atom. The zero-order chi connectivity index (χ0) is 23.4. The Morgan fingerprint density at radius 3 is 2.39 bits per heavy atom. The Labute approximate surface area is 193 Å². The predicted molar refractivity (Wildman–Crippen MR) is 124 cm³/mol. The fourth-order valence-electron chi connectivity index (χ4n) is 4.21.